The predicted molar refractivity (Wildman–Crippen MR) is 69.6 cm³/mol. The number of aromatic nitrogens is 2. The molecule has 100 valence electrons. The van der Waals surface area contributed by atoms with Gasteiger partial charge in [-0.25, -0.2) is 9.59 Å². The molecule has 0 aliphatic carbocycles. The molecule has 0 bridgehead atoms. The van der Waals surface area contributed by atoms with Gasteiger partial charge in [-0.15, -0.1) is 0 Å². The summed E-state index contributed by atoms with van der Waals surface area (Å²) in [5, 5.41) is 3.01. The molecule has 8 heteroatoms. The average Bonchev–Trinajstić information content (AvgIpc) is 2.36. The summed E-state index contributed by atoms with van der Waals surface area (Å²) in [4.78, 5) is 34.4. The molecule has 0 radical (unpaired) electrons. The lowest BCUT2D eigenvalue weighted by Crippen LogP contribution is -2.38. The Morgan fingerprint density at radius 2 is 2.00 bits per heavy atom. The summed E-state index contributed by atoms with van der Waals surface area (Å²) in [6.45, 7) is 2.51. The van der Waals surface area contributed by atoms with Crippen LogP contribution in [0.5, 0.6) is 0 Å². The van der Waals surface area contributed by atoms with E-state index in [-0.39, 0.29) is 6.03 Å². The van der Waals surface area contributed by atoms with Crippen LogP contribution in [-0.4, -0.2) is 21.7 Å². The van der Waals surface area contributed by atoms with Crippen molar-refractivity contribution in [3.63, 3.8) is 0 Å². The van der Waals surface area contributed by atoms with E-state index in [0.29, 0.717) is 11.6 Å². The predicted octanol–water partition coefficient (Wildman–Crippen LogP) is -0.200. The maximum absolute atomic E-state index is 11.6. The first-order valence-electron chi connectivity index (χ1n) is 5.45. The van der Waals surface area contributed by atoms with Crippen LogP contribution in [0.4, 0.5) is 4.79 Å². The number of hydrogen-bond acceptors (Lipinski definition) is 4. The summed E-state index contributed by atoms with van der Waals surface area (Å²) in [5.41, 5.74) is -0.836. The van der Waals surface area contributed by atoms with Crippen LogP contribution in [0.15, 0.2) is 20.7 Å². The van der Waals surface area contributed by atoms with Crippen LogP contribution in [0.2, 0.25) is 0 Å². The van der Waals surface area contributed by atoms with E-state index in [1.165, 1.54) is 24.7 Å². The fraction of sp³-hybridized carbons (Fsp3) is 0.500. The molecule has 0 saturated carbocycles. The molecule has 0 aromatic carbocycles. The number of nitrogens with one attached hydrogen (secondary N) is 2. The van der Waals surface area contributed by atoms with Crippen molar-refractivity contribution in [1.82, 2.24) is 19.2 Å². The molecule has 0 aliphatic rings. The highest BCUT2D eigenvalue weighted by atomic mass is 32.2. The fourth-order valence-corrected chi connectivity index (χ4v) is 1.83. The van der Waals surface area contributed by atoms with Crippen molar-refractivity contribution < 1.29 is 4.79 Å². The molecule has 0 fully saturated rings. The topological polar surface area (TPSA) is 85.1 Å². The lowest BCUT2D eigenvalue weighted by atomic mass is 10.5. The second-order valence-electron chi connectivity index (χ2n) is 3.68. The van der Waals surface area contributed by atoms with E-state index in [2.05, 4.69) is 10.0 Å². The van der Waals surface area contributed by atoms with Crippen molar-refractivity contribution in [1.29, 1.82) is 0 Å². The van der Waals surface area contributed by atoms with Crippen molar-refractivity contribution >= 4 is 18.0 Å². The Labute approximate surface area is 108 Å². The molecule has 0 unspecified atom stereocenters. The Hall–Kier alpha value is -1.70. The van der Waals surface area contributed by atoms with Gasteiger partial charge in [0.15, 0.2) is 0 Å². The summed E-state index contributed by atoms with van der Waals surface area (Å²) in [6, 6.07) is 0.946. The molecule has 2 N–H and O–H groups in total. The first-order chi connectivity index (χ1) is 8.47. The second kappa shape index (κ2) is 6.29. The summed E-state index contributed by atoms with van der Waals surface area (Å²) in [5.74, 6) is 0. The van der Waals surface area contributed by atoms with E-state index in [1.54, 1.807) is 0 Å². The minimum Gasteiger partial charge on any atom is -0.337 e. The third-order valence-electron chi connectivity index (χ3n) is 2.27. The second-order valence-corrected chi connectivity index (χ2v) is 4.51. The van der Waals surface area contributed by atoms with E-state index in [4.69, 9.17) is 0 Å². The monoisotopic (exact) mass is 272 g/mol. The largest absolute Gasteiger partial charge is 0.337 e. The standard InChI is InChI=1S/C10H16N4O3S/c1-4-5-11-9(16)12-18-8-6-7(15)13(2)10(17)14(8)3/h6H,4-5H2,1-3H3,(H2,11,12,16). The first kappa shape index (κ1) is 14.4. The molecule has 2 amide bonds. The number of nitrogens with zero attached hydrogens (tertiary/aromatic N) is 2. The SMILES string of the molecule is CCCNC(=O)NSc1cc(=O)n(C)c(=O)n1C. The van der Waals surface area contributed by atoms with Crippen LogP contribution in [0.3, 0.4) is 0 Å². The van der Waals surface area contributed by atoms with Crippen LogP contribution in [-0.2, 0) is 14.1 Å². The number of amides is 2. The van der Waals surface area contributed by atoms with Crippen LogP contribution in [0.25, 0.3) is 0 Å². The molecule has 1 aromatic heterocycles. The van der Waals surface area contributed by atoms with Crippen molar-refractivity contribution in [3.05, 3.63) is 26.9 Å². The van der Waals surface area contributed by atoms with Gasteiger partial charge in [0.05, 0.1) is 0 Å². The zero-order valence-corrected chi connectivity index (χ0v) is 11.3. The number of carbonyl (C=O) groups is 1. The third-order valence-corrected chi connectivity index (χ3v) is 3.15. The molecule has 1 aromatic rings. The van der Waals surface area contributed by atoms with Gasteiger partial charge in [-0.2, -0.15) is 0 Å². The lowest BCUT2D eigenvalue weighted by Gasteiger charge is -2.09. The van der Waals surface area contributed by atoms with Gasteiger partial charge in [-0.05, 0) is 6.42 Å². The normalized spacial score (nSPS) is 10.2. The van der Waals surface area contributed by atoms with Crippen molar-refractivity contribution in [2.24, 2.45) is 14.1 Å². The zero-order valence-electron chi connectivity index (χ0n) is 10.5. The van der Waals surface area contributed by atoms with Gasteiger partial charge in [0.1, 0.15) is 5.03 Å². The molecule has 1 rings (SSSR count). The van der Waals surface area contributed by atoms with Gasteiger partial charge < -0.3 is 5.32 Å². The van der Waals surface area contributed by atoms with Crippen molar-refractivity contribution in [2.75, 3.05) is 6.54 Å². The number of carbonyl (C=O) groups excluding carboxylic acids is 1. The van der Waals surface area contributed by atoms with E-state index in [0.717, 1.165) is 22.9 Å². The van der Waals surface area contributed by atoms with Crippen molar-refractivity contribution in [2.45, 2.75) is 18.4 Å². The average molecular weight is 272 g/mol. The molecule has 0 saturated heterocycles. The van der Waals surface area contributed by atoms with Gasteiger partial charge in [0.2, 0.25) is 0 Å². The van der Waals surface area contributed by atoms with Gasteiger partial charge >= 0.3 is 11.7 Å². The number of urea groups is 1. The maximum atomic E-state index is 11.6. The Balaban J connectivity index is 2.78. The highest BCUT2D eigenvalue weighted by Crippen LogP contribution is 2.08. The Morgan fingerprint density at radius 3 is 2.61 bits per heavy atom. The quantitative estimate of drug-likeness (QED) is 0.587. The molecule has 0 atom stereocenters. The molecular weight excluding hydrogens is 256 g/mol. The summed E-state index contributed by atoms with van der Waals surface area (Å²) < 4.78 is 4.81. The lowest BCUT2D eigenvalue weighted by molar-refractivity contribution is 0.246. The van der Waals surface area contributed by atoms with Crippen LogP contribution < -0.4 is 21.3 Å². The summed E-state index contributed by atoms with van der Waals surface area (Å²) >= 11 is 0.930. The van der Waals surface area contributed by atoms with E-state index >= 15 is 0 Å². The maximum Gasteiger partial charge on any atom is 0.331 e. The zero-order chi connectivity index (χ0) is 13.7. The summed E-state index contributed by atoms with van der Waals surface area (Å²) in [6.07, 6.45) is 0.836. The highest BCUT2D eigenvalue weighted by Gasteiger charge is 2.08. The molecule has 0 aliphatic heterocycles. The molecule has 18 heavy (non-hydrogen) atoms. The van der Waals surface area contributed by atoms with Gasteiger partial charge in [0, 0.05) is 38.7 Å². The Morgan fingerprint density at radius 1 is 1.33 bits per heavy atom. The van der Waals surface area contributed by atoms with Crippen molar-refractivity contribution in [3.8, 4) is 0 Å². The third kappa shape index (κ3) is 3.39. The number of hydrogen-bond donors (Lipinski definition) is 2. The van der Waals surface area contributed by atoms with Crippen LogP contribution in [0.1, 0.15) is 13.3 Å². The number of rotatable bonds is 4. The first-order valence-corrected chi connectivity index (χ1v) is 6.26. The Bertz CT molecular complexity index is 549. The van der Waals surface area contributed by atoms with E-state index < -0.39 is 11.2 Å². The van der Waals surface area contributed by atoms with Crippen LogP contribution in [0, 0.1) is 0 Å². The van der Waals surface area contributed by atoms with Gasteiger partial charge in [0.25, 0.3) is 5.56 Å². The van der Waals surface area contributed by atoms with Gasteiger partial charge in [-0.3, -0.25) is 18.7 Å². The molecule has 1 heterocycles. The minimum absolute atomic E-state index is 0.352. The fourth-order valence-electron chi connectivity index (χ4n) is 1.18. The minimum atomic E-state index is -0.430. The van der Waals surface area contributed by atoms with E-state index in [9.17, 15) is 14.4 Å². The van der Waals surface area contributed by atoms with Crippen LogP contribution >= 0.6 is 11.9 Å². The van der Waals surface area contributed by atoms with Gasteiger partial charge in [-0.1, -0.05) is 6.92 Å². The molecular formula is C10H16N4O3S. The summed E-state index contributed by atoms with van der Waals surface area (Å²) in [7, 11) is 2.94. The highest BCUT2D eigenvalue weighted by molar-refractivity contribution is 7.97. The smallest absolute Gasteiger partial charge is 0.331 e. The van der Waals surface area contributed by atoms with E-state index in [1.807, 2.05) is 6.92 Å². The molecule has 7 nitrogen and oxygen atoms in total. The molecule has 0 spiro atoms. The Kier molecular flexibility index (Phi) is 5.02.